The minimum absolute atomic E-state index is 0.249. The van der Waals surface area contributed by atoms with Crippen LogP contribution in [0.4, 0.5) is 10.1 Å². The van der Waals surface area contributed by atoms with E-state index in [1.165, 1.54) is 44.5 Å². The number of anilines is 1. The van der Waals surface area contributed by atoms with Crippen molar-refractivity contribution in [1.29, 1.82) is 0 Å². The predicted octanol–water partition coefficient (Wildman–Crippen LogP) is 3.40. The van der Waals surface area contributed by atoms with Crippen molar-refractivity contribution in [3.63, 3.8) is 0 Å². The molecule has 1 aromatic heterocycles. The number of benzene rings is 1. The highest BCUT2D eigenvalue weighted by Crippen LogP contribution is 2.18. The molecule has 0 atom stereocenters. The lowest BCUT2D eigenvalue weighted by atomic mass is 10.1. The van der Waals surface area contributed by atoms with Crippen LogP contribution in [0.1, 0.15) is 25.2 Å². The minimum Gasteiger partial charge on any atom is -0.414 e. The molecule has 3 rings (SSSR count). The van der Waals surface area contributed by atoms with Crippen LogP contribution < -0.4 is 5.32 Å². The van der Waals surface area contributed by atoms with Gasteiger partial charge in [0.05, 0.1) is 6.54 Å². The summed E-state index contributed by atoms with van der Waals surface area (Å²) in [6.45, 7) is 3.91. The molecule has 0 aliphatic carbocycles. The van der Waals surface area contributed by atoms with Gasteiger partial charge in [-0.2, -0.15) is 0 Å². The molecular formula is C16H21FN4OS. The molecule has 0 radical (unpaired) electrons. The Morgan fingerprint density at radius 2 is 1.91 bits per heavy atom. The molecule has 7 heteroatoms. The van der Waals surface area contributed by atoms with E-state index in [0.717, 1.165) is 18.0 Å². The molecule has 124 valence electrons. The van der Waals surface area contributed by atoms with Crippen LogP contribution in [0.3, 0.4) is 0 Å². The Labute approximate surface area is 139 Å². The van der Waals surface area contributed by atoms with Gasteiger partial charge >= 0.3 is 0 Å². The number of hydrogen-bond acceptors (Lipinski definition) is 6. The van der Waals surface area contributed by atoms with Gasteiger partial charge in [-0.05, 0) is 50.2 Å². The van der Waals surface area contributed by atoms with Crippen molar-refractivity contribution < 1.29 is 8.81 Å². The zero-order chi connectivity index (χ0) is 15.9. The summed E-state index contributed by atoms with van der Waals surface area (Å²) in [4.78, 5) is 2.49. The fourth-order valence-electron chi connectivity index (χ4n) is 2.56. The average molecular weight is 336 g/mol. The lowest BCUT2D eigenvalue weighted by molar-refractivity contribution is 0.242. The molecule has 2 aromatic rings. The number of piperidine rings is 1. The topological polar surface area (TPSA) is 54.2 Å². The number of halogens is 1. The van der Waals surface area contributed by atoms with Gasteiger partial charge < -0.3 is 14.6 Å². The van der Waals surface area contributed by atoms with Crippen LogP contribution in [0.15, 0.2) is 33.9 Å². The summed E-state index contributed by atoms with van der Waals surface area (Å²) in [5.41, 5.74) is 0.823. The van der Waals surface area contributed by atoms with Gasteiger partial charge in [-0.15, -0.1) is 10.2 Å². The maximum atomic E-state index is 12.8. The lowest BCUT2D eigenvalue weighted by Crippen LogP contribution is -2.31. The summed E-state index contributed by atoms with van der Waals surface area (Å²) in [6, 6.07) is 6.19. The monoisotopic (exact) mass is 336 g/mol. The van der Waals surface area contributed by atoms with Crippen molar-refractivity contribution in [1.82, 2.24) is 15.1 Å². The van der Waals surface area contributed by atoms with E-state index in [2.05, 4.69) is 20.4 Å². The van der Waals surface area contributed by atoms with Crippen molar-refractivity contribution in [2.45, 2.75) is 31.0 Å². The molecule has 0 amide bonds. The quantitative estimate of drug-likeness (QED) is 0.782. The van der Waals surface area contributed by atoms with E-state index in [1.54, 1.807) is 23.9 Å². The highest BCUT2D eigenvalue weighted by atomic mass is 32.2. The molecule has 2 heterocycles. The minimum atomic E-state index is -0.249. The van der Waals surface area contributed by atoms with Gasteiger partial charge in [0.1, 0.15) is 5.82 Å². The Morgan fingerprint density at radius 1 is 1.13 bits per heavy atom. The number of nitrogens with one attached hydrogen (secondary N) is 1. The van der Waals surface area contributed by atoms with E-state index in [0.29, 0.717) is 17.7 Å². The standard InChI is InChI=1S/C16H21FN4OS/c17-13-4-6-14(7-5-13)18-12-15-19-20-16(22-15)23-11-10-21-8-2-1-3-9-21/h4-7,18H,1-3,8-12H2. The zero-order valence-corrected chi connectivity index (χ0v) is 13.8. The fraction of sp³-hybridized carbons (Fsp3) is 0.500. The van der Waals surface area contributed by atoms with E-state index < -0.39 is 0 Å². The van der Waals surface area contributed by atoms with E-state index >= 15 is 0 Å². The van der Waals surface area contributed by atoms with Crippen LogP contribution in [0.5, 0.6) is 0 Å². The Morgan fingerprint density at radius 3 is 2.70 bits per heavy atom. The molecule has 1 aliphatic heterocycles. The Hall–Kier alpha value is -1.60. The van der Waals surface area contributed by atoms with Crippen LogP contribution in [0.25, 0.3) is 0 Å². The van der Waals surface area contributed by atoms with Crippen LogP contribution >= 0.6 is 11.8 Å². The number of thioether (sulfide) groups is 1. The smallest absolute Gasteiger partial charge is 0.276 e. The third kappa shape index (κ3) is 5.21. The molecule has 1 aliphatic rings. The first-order valence-electron chi connectivity index (χ1n) is 7.96. The van der Waals surface area contributed by atoms with Gasteiger partial charge in [-0.1, -0.05) is 18.2 Å². The first kappa shape index (κ1) is 16.3. The van der Waals surface area contributed by atoms with Crippen LogP contribution in [-0.2, 0) is 6.54 Å². The highest BCUT2D eigenvalue weighted by Gasteiger charge is 2.11. The first-order valence-corrected chi connectivity index (χ1v) is 8.95. The molecule has 0 spiro atoms. The lowest BCUT2D eigenvalue weighted by Gasteiger charge is -2.25. The Bertz CT molecular complexity index is 598. The number of rotatable bonds is 7. The highest BCUT2D eigenvalue weighted by molar-refractivity contribution is 7.99. The predicted molar refractivity (Wildman–Crippen MR) is 89.0 cm³/mol. The van der Waals surface area contributed by atoms with Crippen molar-refractivity contribution in [2.24, 2.45) is 0 Å². The van der Waals surface area contributed by atoms with Gasteiger partial charge in [0.15, 0.2) is 0 Å². The average Bonchev–Trinajstić information content (AvgIpc) is 3.03. The largest absolute Gasteiger partial charge is 0.414 e. The SMILES string of the molecule is Fc1ccc(NCc2nnc(SCCN3CCCCC3)o2)cc1. The fourth-order valence-corrected chi connectivity index (χ4v) is 3.34. The number of aromatic nitrogens is 2. The molecular weight excluding hydrogens is 315 g/mol. The molecule has 1 saturated heterocycles. The summed E-state index contributed by atoms with van der Waals surface area (Å²) in [5.74, 6) is 1.25. The van der Waals surface area contributed by atoms with Gasteiger partial charge in [0.2, 0.25) is 5.89 Å². The van der Waals surface area contributed by atoms with Gasteiger partial charge in [-0.3, -0.25) is 0 Å². The molecule has 0 saturated carbocycles. The van der Waals surface area contributed by atoms with E-state index in [9.17, 15) is 4.39 Å². The van der Waals surface area contributed by atoms with Crippen molar-refractivity contribution >= 4 is 17.4 Å². The van der Waals surface area contributed by atoms with Crippen molar-refractivity contribution in [2.75, 3.05) is 30.7 Å². The van der Waals surface area contributed by atoms with Crippen LogP contribution in [0.2, 0.25) is 0 Å². The summed E-state index contributed by atoms with van der Waals surface area (Å²) in [6.07, 6.45) is 3.98. The third-order valence-electron chi connectivity index (χ3n) is 3.82. The summed E-state index contributed by atoms with van der Waals surface area (Å²) >= 11 is 1.60. The molecule has 1 aromatic carbocycles. The van der Waals surface area contributed by atoms with Crippen LogP contribution in [0, 0.1) is 5.82 Å². The van der Waals surface area contributed by atoms with Gasteiger partial charge in [0, 0.05) is 18.0 Å². The molecule has 5 nitrogen and oxygen atoms in total. The molecule has 23 heavy (non-hydrogen) atoms. The molecule has 0 unspecified atom stereocenters. The molecule has 1 N–H and O–H groups in total. The van der Waals surface area contributed by atoms with Crippen molar-refractivity contribution in [3.8, 4) is 0 Å². The summed E-state index contributed by atoms with van der Waals surface area (Å²) in [5, 5.41) is 11.8. The maximum Gasteiger partial charge on any atom is 0.276 e. The third-order valence-corrected chi connectivity index (χ3v) is 4.62. The summed E-state index contributed by atoms with van der Waals surface area (Å²) in [7, 11) is 0. The van der Waals surface area contributed by atoms with Gasteiger partial charge in [-0.25, -0.2) is 4.39 Å². The zero-order valence-electron chi connectivity index (χ0n) is 13.0. The van der Waals surface area contributed by atoms with Gasteiger partial charge in [0.25, 0.3) is 5.22 Å². The second-order valence-electron chi connectivity index (χ2n) is 5.57. The van der Waals surface area contributed by atoms with E-state index in [4.69, 9.17) is 4.42 Å². The van der Waals surface area contributed by atoms with Crippen LogP contribution in [-0.4, -0.2) is 40.5 Å². The number of likely N-dealkylation sites (tertiary alicyclic amines) is 1. The summed E-state index contributed by atoms with van der Waals surface area (Å²) < 4.78 is 18.4. The molecule has 0 bridgehead atoms. The van der Waals surface area contributed by atoms with E-state index in [1.807, 2.05) is 0 Å². The number of nitrogens with zero attached hydrogens (tertiary/aromatic N) is 3. The Kier molecular flexibility index (Phi) is 5.87. The van der Waals surface area contributed by atoms with E-state index in [-0.39, 0.29) is 5.82 Å². The first-order chi connectivity index (χ1) is 11.3. The normalized spacial score (nSPS) is 15.7. The molecule has 1 fully saturated rings. The van der Waals surface area contributed by atoms with Crippen molar-refractivity contribution in [3.05, 3.63) is 36.0 Å². The number of hydrogen-bond donors (Lipinski definition) is 1. The maximum absolute atomic E-state index is 12.8. The Balaban J connectivity index is 1.39. The second kappa shape index (κ2) is 8.31. The second-order valence-corrected chi connectivity index (χ2v) is 6.62.